The molecular formula is C27H22BrN3O3. The van der Waals surface area contributed by atoms with Crippen molar-refractivity contribution in [3.05, 3.63) is 112 Å². The van der Waals surface area contributed by atoms with Crippen molar-refractivity contribution < 1.29 is 14.8 Å². The number of amides is 2. The fraction of sp³-hybridized carbons (Fsp3) is 0.0741. The van der Waals surface area contributed by atoms with Gasteiger partial charge in [0.2, 0.25) is 5.91 Å². The second-order valence-corrected chi connectivity index (χ2v) is 8.60. The summed E-state index contributed by atoms with van der Waals surface area (Å²) in [6.07, 6.45) is 3.03. The van der Waals surface area contributed by atoms with Gasteiger partial charge in [0.05, 0.1) is 24.2 Å². The summed E-state index contributed by atoms with van der Waals surface area (Å²) in [7, 11) is 0. The van der Waals surface area contributed by atoms with Crippen LogP contribution >= 0.6 is 15.9 Å². The molecule has 0 radical (unpaired) electrons. The van der Waals surface area contributed by atoms with Crippen LogP contribution in [-0.4, -0.2) is 22.0 Å². The molecule has 4 aromatic rings. The maximum atomic E-state index is 13.4. The van der Waals surface area contributed by atoms with Gasteiger partial charge in [-0.3, -0.25) is 19.8 Å². The third-order valence-corrected chi connectivity index (χ3v) is 5.76. The van der Waals surface area contributed by atoms with E-state index in [0.717, 1.165) is 37.9 Å². The predicted molar refractivity (Wildman–Crippen MR) is 136 cm³/mol. The van der Waals surface area contributed by atoms with Crippen molar-refractivity contribution in [1.29, 1.82) is 0 Å². The first-order chi connectivity index (χ1) is 16.5. The first-order valence-electron chi connectivity index (χ1n) is 10.6. The maximum Gasteiger partial charge on any atom is 0.267 e. The minimum absolute atomic E-state index is 0.0492. The van der Waals surface area contributed by atoms with Crippen molar-refractivity contribution in [2.45, 2.75) is 13.0 Å². The molecular weight excluding hydrogens is 494 g/mol. The van der Waals surface area contributed by atoms with Gasteiger partial charge >= 0.3 is 0 Å². The number of nitrogens with zero attached hydrogens (tertiary/aromatic N) is 2. The van der Waals surface area contributed by atoms with Crippen LogP contribution in [0.1, 0.15) is 16.8 Å². The summed E-state index contributed by atoms with van der Waals surface area (Å²) in [4.78, 5) is 31.0. The first kappa shape index (κ1) is 23.4. The third-order valence-electron chi connectivity index (χ3n) is 5.27. The molecule has 170 valence electrons. The van der Waals surface area contributed by atoms with E-state index < -0.39 is 5.91 Å². The molecule has 1 heterocycles. The van der Waals surface area contributed by atoms with E-state index in [2.05, 4.69) is 15.9 Å². The quantitative estimate of drug-likeness (QED) is 0.199. The van der Waals surface area contributed by atoms with Crippen molar-refractivity contribution in [2.75, 3.05) is 4.90 Å². The van der Waals surface area contributed by atoms with E-state index in [9.17, 15) is 9.59 Å². The average molecular weight is 516 g/mol. The molecule has 3 aromatic carbocycles. The largest absolute Gasteiger partial charge is 0.306 e. The van der Waals surface area contributed by atoms with Crippen LogP contribution in [0.2, 0.25) is 0 Å². The van der Waals surface area contributed by atoms with Gasteiger partial charge in [-0.2, -0.15) is 0 Å². The number of para-hydroxylation sites is 1. The number of rotatable bonds is 7. The van der Waals surface area contributed by atoms with E-state index in [4.69, 9.17) is 10.2 Å². The van der Waals surface area contributed by atoms with Gasteiger partial charge in [-0.1, -0.05) is 64.5 Å². The van der Waals surface area contributed by atoms with Gasteiger partial charge in [-0.15, -0.1) is 0 Å². The summed E-state index contributed by atoms with van der Waals surface area (Å²) in [5.41, 5.74) is 5.67. The van der Waals surface area contributed by atoms with E-state index >= 15 is 0 Å². The molecule has 0 aliphatic heterocycles. The first-order valence-corrected chi connectivity index (χ1v) is 11.4. The lowest BCUT2D eigenvalue weighted by atomic mass is 10.1. The summed E-state index contributed by atoms with van der Waals surface area (Å²) in [5.74, 6) is -0.653. The molecule has 6 nitrogen and oxygen atoms in total. The van der Waals surface area contributed by atoms with Crippen LogP contribution in [-0.2, 0) is 22.6 Å². The zero-order valence-electron chi connectivity index (χ0n) is 18.2. The van der Waals surface area contributed by atoms with E-state index in [1.807, 2.05) is 84.9 Å². The minimum Gasteiger partial charge on any atom is -0.306 e. The highest BCUT2D eigenvalue weighted by molar-refractivity contribution is 9.10. The SMILES string of the molecule is O=C(/C=C/c1ccc(CC(=O)N(Cc2ccc3cc(Br)ccc3n2)c2ccccc2)cc1)NO. The number of pyridine rings is 1. The van der Waals surface area contributed by atoms with E-state index in [-0.39, 0.29) is 12.3 Å². The van der Waals surface area contributed by atoms with Gasteiger partial charge in [0.25, 0.3) is 5.91 Å². The summed E-state index contributed by atoms with van der Waals surface area (Å²) >= 11 is 3.48. The number of nitrogens with one attached hydrogen (secondary N) is 1. The molecule has 0 bridgehead atoms. The van der Waals surface area contributed by atoms with Gasteiger partial charge in [0.1, 0.15) is 0 Å². The van der Waals surface area contributed by atoms with Crippen LogP contribution in [0.5, 0.6) is 0 Å². The predicted octanol–water partition coefficient (Wildman–Crippen LogP) is 5.29. The lowest BCUT2D eigenvalue weighted by molar-refractivity contribution is -0.124. The Hall–Kier alpha value is -3.81. The molecule has 0 unspecified atom stereocenters. The highest BCUT2D eigenvalue weighted by atomic mass is 79.9. The molecule has 34 heavy (non-hydrogen) atoms. The number of hydroxylamine groups is 1. The van der Waals surface area contributed by atoms with Gasteiger partial charge in [-0.25, -0.2) is 5.48 Å². The summed E-state index contributed by atoms with van der Waals surface area (Å²) in [6, 6.07) is 26.8. The second-order valence-electron chi connectivity index (χ2n) is 7.68. The zero-order chi connectivity index (χ0) is 23.9. The summed E-state index contributed by atoms with van der Waals surface area (Å²) in [6.45, 7) is 0.353. The Morgan fingerprint density at radius 3 is 2.47 bits per heavy atom. The van der Waals surface area contributed by atoms with E-state index in [1.165, 1.54) is 6.08 Å². The fourth-order valence-electron chi connectivity index (χ4n) is 3.55. The maximum absolute atomic E-state index is 13.4. The molecule has 0 atom stereocenters. The Labute approximate surface area is 205 Å². The average Bonchev–Trinajstić information content (AvgIpc) is 2.87. The van der Waals surface area contributed by atoms with Crippen LogP contribution < -0.4 is 10.4 Å². The van der Waals surface area contributed by atoms with Crippen molar-refractivity contribution in [2.24, 2.45) is 0 Å². The van der Waals surface area contributed by atoms with Crippen molar-refractivity contribution in [1.82, 2.24) is 10.5 Å². The van der Waals surface area contributed by atoms with Crippen LogP contribution in [0.15, 0.2) is 95.5 Å². The lowest BCUT2D eigenvalue weighted by Crippen LogP contribution is -2.32. The zero-order valence-corrected chi connectivity index (χ0v) is 19.8. The van der Waals surface area contributed by atoms with Crippen molar-refractivity contribution >= 4 is 50.4 Å². The van der Waals surface area contributed by atoms with E-state index in [1.54, 1.807) is 16.5 Å². The van der Waals surface area contributed by atoms with Crippen LogP contribution in [0.4, 0.5) is 5.69 Å². The number of anilines is 1. The highest BCUT2D eigenvalue weighted by Crippen LogP contribution is 2.22. The molecule has 0 spiro atoms. The van der Waals surface area contributed by atoms with Gasteiger partial charge in [0.15, 0.2) is 0 Å². The van der Waals surface area contributed by atoms with Crippen LogP contribution in [0, 0.1) is 0 Å². The molecule has 0 saturated heterocycles. The highest BCUT2D eigenvalue weighted by Gasteiger charge is 2.17. The lowest BCUT2D eigenvalue weighted by Gasteiger charge is -2.23. The number of benzene rings is 3. The molecule has 0 aliphatic rings. The molecule has 1 aromatic heterocycles. The molecule has 0 fully saturated rings. The topological polar surface area (TPSA) is 82.5 Å². The number of hydrogen-bond donors (Lipinski definition) is 2. The van der Waals surface area contributed by atoms with Gasteiger partial charge in [-0.05, 0) is 53.6 Å². The molecule has 4 rings (SSSR count). The van der Waals surface area contributed by atoms with Gasteiger partial charge < -0.3 is 4.90 Å². The smallest absolute Gasteiger partial charge is 0.267 e. The number of halogens is 1. The minimum atomic E-state index is -0.604. The Bertz CT molecular complexity index is 1340. The van der Waals surface area contributed by atoms with Crippen molar-refractivity contribution in [3.63, 3.8) is 0 Å². The molecule has 0 saturated carbocycles. The van der Waals surface area contributed by atoms with Gasteiger partial charge in [0, 0.05) is 21.6 Å². The number of hydrogen-bond acceptors (Lipinski definition) is 4. The Morgan fingerprint density at radius 2 is 1.74 bits per heavy atom. The Balaban J connectivity index is 1.54. The second kappa shape index (κ2) is 10.9. The number of carbonyl (C=O) groups excluding carboxylic acids is 2. The molecule has 7 heteroatoms. The van der Waals surface area contributed by atoms with E-state index in [0.29, 0.717) is 6.54 Å². The number of carbonyl (C=O) groups is 2. The monoisotopic (exact) mass is 515 g/mol. The number of fused-ring (bicyclic) bond motifs is 1. The molecule has 2 N–H and O–H groups in total. The fourth-order valence-corrected chi connectivity index (χ4v) is 3.92. The van der Waals surface area contributed by atoms with Crippen LogP contribution in [0.25, 0.3) is 17.0 Å². The third kappa shape index (κ3) is 5.95. The Morgan fingerprint density at radius 1 is 0.971 bits per heavy atom. The summed E-state index contributed by atoms with van der Waals surface area (Å²) in [5, 5.41) is 9.60. The Kier molecular flexibility index (Phi) is 7.47. The van der Waals surface area contributed by atoms with Crippen LogP contribution in [0.3, 0.4) is 0 Å². The molecule has 2 amide bonds. The van der Waals surface area contributed by atoms with Crippen molar-refractivity contribution in [3.8, 4) is 0 Å². The summed E-state index contributed by atoms with van der Waals surface area (Å²) < 4.78 is 0.994. The number of aromatic nitrogens is 1. The standard InChI is InChI=1S/C27H22BrN3O3/c28-22-12-14-25-21(17-22)11-13-23(29-25)18-31(24-4-2-1-3-5-24)27(33)16-20-8-6-19(7-9-20)10-15-26(32)30-34/h1-15,17,34H,16,18H2,(H,30,32)/b15-10+. The normalized spacial score (nSPS) is 11.0. The molecule has 0 aliphatic carbocycles.